The molecule has 1 aromatic heterocycles. The van der Waals surface area contributed by atoms with Crippen LogP contribution in [0.5, 0.6) is 5.75 Å². The van der Waals surface area contributed by atoms with Crippen LogP contribution in [0.25, 0.3) is 0 Å². The number of aliphatic hydroxyl groups is 1. The maximum absolute atomic E-state index is 13.5. The molecular formula is C18H23F2N3O2. The zero-order valence-corrected chi connectivity index (χ0v) is 14.2. The second kappa shape index (κ2) is 7.47. The molecule has 0 radical (unpaired) electrons. The lowest BCUT2D eigenvalue weighted by molar-refractivity contribution is 0.0396. The molecule has 136 valence electrons. The molecule has 1 heterocycles. The molecule has 2 atom stereocenters. The van der Waals surface area contributed by atoms with Crippen molar-refractivity contribution in [2.75, 3.05) is 6.61 Å². The van der Waals surface area contributed by atoms with Gasteiger partial charge in [-0.25, -0.2) is 14.1 Å². The quantitative estimate of drug-likeness (QED) is 0.703. The van der Waals surface area contributed by atoms with Gasteiger partial charge in [-0.1, -0.05) is 13.0 Å². The van der Waals surface area contributed by atoms with E-state index in [1.807, 2.05) is 0 Å². The zero-order valence-electron chi connectivity index (χ0n) is 14.2. The molecule has 1 aliphatic rings. The molecular weight excluding hydrogens is 328 g/mol. The molecule has 1 aromatic carbocycles. The average Bonchev–Trinajstić information content (AvgIpc) is 3.13. The number of aliphatic hydroxyl groups excluding tert-OH is 1. The first kappa shape index (κ1) is 17.8. The maximum Gasteiger partial charge on any atom is 0.200 e. The predicted molar refractivity (Wildman–Crippen MR) is 88.1 cm³/mol. The Bertz CT molecular complexity index is 690. The monoisotopic (exact) mass is 351 g/mol. The van der Waals surface area contributed by atoms with Crippen molar-refractivity contribution < 1.29 is 18.6 Å². The molecule has 2 unspecified atom stereocenters. The van der Waals surface area contributed by atoms with Crippen molar-refractivity contribution in [3.63, 3.8) is 0 Å². The van der Waals surface area contributed by atoms with Gasteiger partial charge in [-0.3, -0.25) is 0 Å². The number of unbranched alkanes of at least 4 members (excludes halogenated alkanes) is 1. The summed E-state index contributed by atoms with van der Waals surface area (Å²) in [5, 5.41) is 14.8. The van der Waals surface area contributed by atoms with E-state index in [4.69, 9.17) is 4.74 Å². The average molecular weight is 351 g/mol. The highest BCUT2D eigenvalue weighted by molar-refractivity contribution is 5.24. The Morgan fingerprint density at radius 1 is 1.32 bits per heavy atom. The van der Waals surface area contributed by atoms with Gasteiger partial charge in [0.2, 0.25) is 5.82 Å². The van der Waals surface area contributed by atoms with Crippen molar-refractivity contribution in [3.8, 4) is 5.75 Å². The Balaban J connectivity index is 1.49. The van der Waals surface area contributed by atoms with E-state index in [0.29, 0.717) is 6.42 Å². The van der Waals surface area contributed by atoms with Crippen LogP contribution in [0.3, 0.4) is 0 Å². The summed E-state index contributed by atoms with van der Waals surface area (Å²) in [6.45, 7) is 2.37. The van der Waals surface area contributed by atoms with Gasteiger partial charge in [0, 0.05) is 0 Å². The van der Waals surface area contributed by atoms with E-state index in [1.54, 1.807) is 11.0 Å². The van der Waals surface area contributed by atoms with Gasteiger partial charge in [0.25, 0.3) is 0 Å². The lowest BCUT2D eigenvalue weighted by Crippen LogP contribution is -2.31. The van der Waals surface area contributed by atoms with Gasteiger partial charge in [-0.2, -0.15) is 9.49 Å². The third-order valence-corrected chi connectivity index (χ3v) is 4.96. The Hall–Kier alpha value is -2.02. The van der Waals surface area contributed by atoms with E-state index in [9.17, 15) is 13.9 Å². The molecule has 1 aliphatic carbocycles. The molecule has 1 fully saturated rings. The van der Waals surface area contributed by atoms with Gasteiger partial charge in [0.05, 0.1) is 18.8 Å². The first-order chi connectivity index (χ1) is 12.0. The molecule has 0 saturated heterocycles. The van der Waals surface area contributed by atoms with E-state index in [1.165, 1.54) is 18.5 Å². The lowest BCUT2D eigenvalue weighted by atomic mass is 9.92. The van der Waals surface area contributed by atoms with Crippen molar-refractivity contribution in [1.82, 2.24) is 14.8 Å². The third kappa shape index (κ3) is 4.15. The smallest absolute Gasteiger partial charge is 0.200 e. The van der Waals surface area contributed by atoms with Crippen molar-refractivity contribution in [2.24, 2.45) is 5.41 Å². The number of hydrogen-bond acceptors (Lipinski definition) is 4. The molecule has 2 aromatic rings. The highest BCUT2D eigenvalue weighted by atomic mass is 19.2. The highest BCUT2D eigenvalue weighted by Gasteiger charge is 2.47. The molecule has 0 aliphatic heterocycles. The van der Waals surface area contributed by atoms with Crippen molar-refractivity contribution >= 4 is 0 Å². The van der Waals surface area contributed by atoms with Crippen molar-refractivity contribution in [3.05, 3.63) is 42.5 Å². The minimum Gasteiger partial charge on any atom is -0.490 e. The first-order valence-electron chi connectivity index (χ1n) is 8.60. The molecule has 3 rings (SSSR count). The van der Waals surface area contributed by atoms with E-state index < -0.39 is 17.7 Å². The number of ether oxygens (including phenoxy) is 1. The van der Waals surface area contributed by atoms with Crippen LogP contribution < -0.4 is 4.74 Å². The molecule has 7 heteroatoms. The van der Waals surface area contributed by atoms with E-state index in [0.717, 1.165) is 31.7 Å². The summed E-state index contributed by atoms with van der Waals surface area (Å²) < 4.78 is 33.7. The number of benzene rings is 1. The Morgan fingerprint density at radius 3 is 2.80 bits per heavy atom. The number of aromatic nitrogens is 3. The normalized spacial score (nSPS) is 17.9. The highest BCUT2D eigenvalue weighted by Crippen LogP contribution is 2.51. The van der Waals surface area contributed by atoms with Crippen LogP contribution in [0, 0.1) is 17.0 Å². The van der Waals surface area contributed by atoms with Crippen LogP contribution in [0.4, 0.5) is 8.78 Å². The summed E-state index contributed by atoms with van der Waals surface area (Å²) in [6.07, 6.45) is 6.80. The minimum absolute atomic E-state index is 0.0438. The molecule has 0 bridgehead atoms. The fourth-order valence-electron chi connectivity index (χ4n) is 3.01. The molecule has 25 heavy (non-hydrogen) atoms. The predicted octanol–water partition coefficient (Wildman–Crippen LogP) is 3.51. The number of rotatable bonds is 9. The summed E-state index contributed by atoms with van der Waals surface area (Å²) in [5.74, 6) is -1.94. The third-order valence-electron chi connectivity index (χ3n) is 4.96. The molecule has 5 nitrogen and oxygen atoms in total. The van der Waals surface area contributed by atoms with Gasteiger partial charge in [0.1, 0.15) is 12.7 Å². The van der Waals surface area contributed by atoms with E-state index in [-0.39, 0.29) is 23.8 Å². The van der Waals surface area contributed by atoms with Gasteiger partial charge < -0.3 is 9.84 Å². The summed E-state index contributed by atoms with van der Waals surface area (Å²) in [6, 6.07) is 3.75. The first-order valence-corrected chi connectivity index (χ1v) is 8.60. The van der Waals surface area contributed by atoms with E-state index in [2.05, 4.69) is 17.0 Å². The van der Waals surface area contributed by atoms with Gasteiger partial charge in [0.15, 0.2) is 11.6 Å². The summed E-state index contributed by atoms with van der Waals surface area (Å²) in [7, 11) is 0. The number of nitrogens with zero attached hydrogens (tertiary/aromatic N) is 3. The second-order valence-corrected chi connectivity index (χ2v) is 6.94. The standard InChI is InChI=1S/C18H23F2N3O2/c1-18(8-9-18)17(24)14(23-12-21-11-22-23)6-2-3-10-25-15-7-4-5-13(19)16(15)20/h4-5,7,11-12,14,17,24H,2-3,6,8-10H2,1H3. The van der Waals surface area contributed by atoms with Gasteiger partial charge in [-0.15, -0.1) is 0 Å². The van der Waals surface area contributed by atoms with Crippen LogP contribution in [-0.2, 0) is 0 Å². The molecule has 1 saturated carbocycles. The van der Waals surface area contributed by atoms with Crippen LogP contribution in [0.2, 0.25) is 0 Å². The van der Waals surface area contributed by atoms with Crippen LogP contribution in [0.15, 0.2) is 30.9 Å². The van der Waals surface area contributed by atoms with Crippen molar-refractivity contribution in [2.45, 2.75) is 51.2 Å². The molecule has 0 amide bonds. The zero-order chi connectivity index (χ0) is 17.9. The largest absolute Gasteiger partial charge is 0.490 e. The van der Waals surface area contributed by atoms with Crippen LogP contribution in [-0.4, -0.2) is 32.6 Å². The fraction of sp³-hybridized carbons (Fsp3) is 0.556. The Labute approximate surface area is 145 Å². The van der Waals surface area contributed by atoms with Crippen LogP contribution >= 0.6 is 0 Å². The Morgan fingerprint density at radius 2 is 2.12 bits per heavy atom. The SMILES string of the molecule is CC1(C(O)C(CCCCOc2cccc(F)c2F)n2cncn2)CC1. The second-order valence-electron chi connectivity index (χ2n) is 6.94. The molecule has 0 spiro atoms. The summed E-state index contributed by atoms with van der Waals surface area (Å²) in [5.41, 5.74) is -0.0438. The number of hydrogen-bond donors (Lipinski definition) is 1. The van der Waals surface area contributed by atoms with E-state index >= 15 is 0 Å². The Kier molecular flexibility index (Phi) is 5.32. The lowest BCUT2D eigenvalue weighted by Gasteiger charge is -2.27. The van der Waals surface area contributed by atoms with Crippen LogP contribution in [0.1, 0.15) is 45.1 Å². The topological polar surface area (TPSA) is 60.2 Å². The number of halogens is 2. The summed E-state index contributed by atoms with van der Waals surface area (Å²) >= 11 is 0. The maximum atomic E-state index is 13.5. The molecule has 1 N–H and O–H groups in total. The fourth-order valence-corrected chi connectivity index (χ4v) is 3.01. The van der Waals surface area contributed by atoms with Gasteiger partial charge in [-0.05, 0) is 49.7 Å². The van der Waals surface area contributed by atoms with Gasteiger partial charge >= 0.3 is 0 Å². The van der Waals surface area contributed by atoms with Crippen molar-refractivity contribution in [1.29, 1.82) is 0 Å². The minimum atomic E-state index is -0.958. The summed E-state index contributed by atoms with van der Waals surface area (Å²) in [4.78, 5) is 3.97.